The summed E-state index contributed by atoms with van der Waals surface area (Å²) in [6, 6.07) is 0.854. The lowest BCUT2D eigenvalue weighted by molar-refractivity contribution is -0.126. The molecule has 0 aromatic heterocycles. The van der Waals surface area contributed by atoms with Crippen molar-refractivity contribution in [1.82, 2.24) is 4.90 Å². The third kappa shape index (κ3) is 3.10. The highest BCUT2D eigenvalue weighted by Crippen LogP contribution is 2.41. The van der Waals surface area contributed by atoms with Crippen molar-refractivity contribution in [3.8, 4) is 0 Å². The van der Waals surface area contributed by atoms with Gasteiger partial charge in [-0.2, -0.15) is 0 Å². The minimum Gasteiger partial charge on any atom is -0.298 e. The Morgan fingerprint density at radius 1 is 1.05 bits per heavy atom. The number of nitrogens with zero attached hydrogens (tertiary/aromatic N) is 1. The molecular formula is C18H33NO. The molecule has 1 aliphatic carbocycles. The highest BCUT2D eigenvalue weighted by molar-refractivity contribution is 5.84. The van der Waals surface area contributed by atoms with Crippen molar-refractivity contribution in [1.29, 1.82) is 0 Å². The number of Topliss-reactive ketones (excluding diaryl/α,β-unsaturated/α-hetero) is 1. The van der Waals surface area contributed by atoms with Gasteiger partial charge in [-0.1, -0.05) is 33.1 Å². The second-order valence-corrected chi connectivity index (χ2v) is 7.45. The summed E-state index contributed by atoms with van der Waals surface area (Å²) in [4.78, 5) is 15.0. The van der Waals surface area contributed by atoms with Gasteiger partial charge in [0.2, 0.25) is 0 Å². The molecule has 1 aliphatic heterocycles. The Bertz CT molecular complexity index is 330. The average molecular weight is 279 g/mol. The Labute approximate surface area is 125 Å². The van der Waals surface area contributed by atoms with Crippen LogP contribution in [0.1, 0.15) is 85.5 Å². The summed E-state index contributed by atoms with van der Waals surface area (Å²) >= 11 is 0. The molecule has 2 nitrogen and oxygen atoms in total. The monoisotopic (exact) mass is 279 g/mol. The van der Waals surface area contributed by atoms with Crippen LogP contribution < -0.4 is 0 Å². The van der Waals surface area contributed by atoms with Crippen LogP contribution in [0.4, 0.5) is 0 Å². The predicted molar refractivity (Wildman–Crippen MR) is 84.9 cm³/mol. The van der Waals surface area contributed by atoms with Crippen molar-refractivity contribution in [2.75, 3.05) is 0 Å². The summed E-state index contributed by atoms with van der Waals surface area (Å²) in [6.07, 6.45) is 11.1. The van der Waals surface area contributed by atoms with E-state index < -0.39 is 0 Å². The van der Waals surface area contributed by atoms with Gasteiger partial charge in [0.1, 0.15) is 5.78 Å². The minimum absolute atomic E-state index is 0.161. The predicted octanol–water partition coefficient (Wildman–Crippen LogP) is 4.57. The zero-order chi connectivity index (χ0) is 14.8. The van der Waals surface area contributed by atoms with E-state index in [9.17, 15) is 4.79 Å². The Morgan fingerprint density at radius 3 is 2.25 bits per heavy atom. The fourth-order valence-corrected chi connectivity index (χ4v) is 4.42. The molecule has 0 spiro atoms. The third-order valence-corrected chi connectivity index (χ3v) is 5.91. The van der Waals surface area contributed by atoms with Crippen LogP contribution in [0.2, 0.25) is 0 Å². The zero-order valence-electron chi connectivity index (χ0n) is 14.0. The lowest BCUT2D eigenvalue weighted by atomic mass is 9.81. The fourth-order valence-electron chi connectivity index (χ4n) is 4.42. The van der Waals surface area contributed by atoms with Crippen LogP contribution in [0.15, 0.2) is 0 Å². The molecule has 0 aromatic carbocycles. The van der Waals surface area contributed by atoms with E-state index in [-0.39, 0.29) is 11.6 Å². The van der Waals surface area contributed by atoms with Gasteiger partial charge < -0.3 is 0 Å². The summed E-state index contributed by atoms with van der Waals surface area (Å²) in [5.74, 6) is 1.30. The van der Waals surface area contributed by atoms with E-state index in [4.69, 9.17) is 0 Å². The maximum atomic E-state index is 12.4. The standard InChI is InChI=1S/C18H33NO/c1-5-17(20)16-13-12-15(14-10-8-7-9-11-14)19(16)18(3,4)6-2/h14-16H,5-13H2,1-4H3. The molecule has 2 fully saturated rings. The Morgan fingerprint density at radius 2 is 1.70 bits per heavy atom. The van der Waals surface area contributed by atoms with Crippen molar-refractivity contribution >= 4 is 5.78 Å². The van der Waals surface area contributed by atoms with Crippen LogP contribution >= 0.6 is 0 Å². The lowest BCUT2D eigenvalue weighted by Gasteiger charge is -2.46. The van der Waals surface area contributed by atoms with Crippen molar-refractivity contribution in [3.63, 3.8) is 0 Å². The normalized spacial score (nSPS) is 29.8. The van der Waals surface area contributed by atoms with E-state index in [0.717, 1.165) is 18.8 Å². The minimum atomic E-state index is 0.161. The second-order valence-electron chi connectivity index (χ2n) is 7.45. The maximum Gasteiger partial charge on any atom is 0.149 e. The molecule has 0 aromatic rings. The van der Waals surface area contributed by atoms with Crippen molar-refractivity contribution < 1.29 is 4.79 Å². The van der Waals surface area contributed by atoms with Crippen molar-refractivity contribution in [2.24, 2.45) is 5.92 Å². The molecule has 2 aliphatic rings. The maximum absolute atomic E-state index is 12.4. The number of hydrogen-bond acceptors (Lipinski definition) is 2. The van der Waals surface area contributed by atoms with Crippen LogP contribution in [-0.2, 0) is 4.79 Å². The highest BCUT2D eigenvalue weighted by Gasteiger charge is 2.46. The lowest BCUT2D eigenvalue weighted by Crippen LogP contribution is -2.55. The molecule has 2 heteroatoms. The summed E-state index contributed by atoms with van der Waals surface area (Å²) in [5, 5.41) is 0. The first-order valence-electron chi connectivity index (χ1n) is 8.82. The van der Waals surface area contributed by atoms with E-state index >= 15 is 0 Å². The number of carbonyl (C=O) groups excluding carboxylic acids is 1. The molecule has 2 unspecified atom stereocenters. The molecule has 2 rings (SSSR count). The molecule has 0 N–H and O–H groups in total. The van der Waals surface area contributed by atoms with Gasteiger partial charge in [0.25, 0.3) is 0 Å². The molecule has 1 saturated heterocycles. The van der Waals surface area contributed by atoms with Gasteiger partial charge >= 0.3 is 0 Å². The molecule has 0 bridgehead atoms. The first-order chi connectivity index (χ1) is 9.51. The number of ketones is 1. The quantitative estimate of drug-likeness (QED) is 0.735. The van der Waals surface area contributed by atoms with E-state index in [1.807, 2.05) is 6.92 Å². The molecule has 2 atom stereocenters. The summed E-state index contributed by atoms with van der Waals surface area (Å²) in [7, 11) is 0. The average Bonchev–Trinajstić information content (AvgIpc) is 2.93. The van der Waals surface area contributed by atoms with Gasteiger partial charge in [0.05, 0.1) is 6.04 Å². The van der Waals surface area contributed by atoms with Crippen LogP contribution in [0, 0.1) is 5.92 Å². The number of likely N-dealkylation sites (tertiary alicyclic amines) is 1. The van der Waals surface area contributed by atoms with Gasteiger partial charge in [0.15, 0.2) is 0 Å². The van der Waals surface area contributed by atoms with Crippen LogP contribution in [0.5, 0.6) is 0 Å². The summed E-state index contributed by atoms with van der Waals surface area (Å²) < 4.78 is 0. The van der Waals surface area contributed by atoms with Crippen LogP contribution in [-0.4, -0.2) is 28.3 Å². The van der Waals surface area contributed by atoms with Crippen molar-refractivity contribution in [3.05, 3.63) is 0 Å². The molecule has 1 heterocycles. The largest absolute Gasteiger partial charge is 0.298 e. The number of carbonyl (C=O) groups is 1. The first-order valence-corrected chi connectivity index (χ1v) is 8.82. The Hall–Kier alpha value is -0.370. The first kappa shape index (κ1) is 16.0. The zero-order valence-corrected chi connectivity index (χ0v) is 14.0. The molecule has 0 amide bonds. The Kier molecular flexibility index (Phi) is 5.28. The van der Waals surface area contributed by atoms with E-state index in [0.29, 0.717) is 18.2 Å². The van der Waals surface area contributed by atoms with Gasteiger partial charge in [-0.05, 0) is 51.9 Å². The van der Waals surface area contributed by atoms with E-state index in [1.54, 1.807) is 0 Å². The topological polar surface area (TPSA) is 20.3 Å². The van der Waals surface area contributed by atoms with Gasteiger partial charge in [-0.3, -0.25) is 9.69 Å². The summed E-state index contributed by atoms with van der Waals surface area (Å²) in [6.45, 7) is 8.96. The fraction of sp³-hybridized carbons (Fsp3) is 0.944. The van der Waals surface area contributed by atoms with Gasteiger partial charge in [-0.25, -0.2) is 0 Å². The van der Waals surface area contributed by atoms with E-state index in [2.05, 4.69) is 25.7 Å². The number of rotatable bonds is 5. The second kappa shape index (κ2) is 6.60. The molecule has 1 saturated carbocycles. The molecule has 0 radical (unpaired) electrons. The van der Waals surface area contributed by atoms with Crippen molar-refractivity contribution in [2.45, 2.75) is 103 Å². The highest BCUT2D eigenvalue weighted by atomic mass is 16.1. The van der Waals surface area contributed by atoms with Crippen LogP contribution in [0.25, 0.3) is 0 Å². The van der Waals surface area contributed by atoms with E-state index in [1.165, 1.54) is 38.5 Å². The number of hydrogen-bond donors (Lipinski definition) is 0. The van der Waals surface area contributed by atoms with Gasteiger partial charge in [-0.15, -0.1) is 0 Å². The molecular weight excluding hydrogens is 246 g/mol. The summed E-state index contributed by atoms with van der Waals surface area (Å²) in [5.41, 5.74) is 0.161. The van der Waals surface area contributed by atoms with Crippen LogP contribution in [0.3, 0.4) is 0 Å². The molecule has 20 heavy (non-hydrogen) atoms. The SMILES string of the molecule is CCC(=O)C1CCC(C2CCCCC2)N1C(C)(C)CC. The smallest absolute Gasteiger partial charge is 0.149 e. The molecule has 116 valence electrons. The van der Waals surface area contributed by atoms with Gasteiger partial charge in [0, 0.05) is 18.0 Å². The third-order valence-electron chi connectivity index (χ3n) is 5.91. The Balaban J connectivity index is 2.20.